The minimum atomic E-state index is 0.644. The first-order chi connectivity index (χ1) is 8.88. The molecular weight excluding hydrogens is 222 g/mol. The van der Waals surface area contributed by atoms with Gasteiger partial charge in [0.15, 0.2) is 0 Å². The SMILES string of the molecule is CC#CCNc1cccc(Oc2ccccc2)c1. The zero-order valence-electron chi connectivity index (χ0n) is 10.3. The molecule has 0 radical (unpaired) electrons. The van der Waals surface area contributed by atoms with Gasteiger partial charge in [0.1, 0.15) is 11.5 Å². The van der Waals surface area contributed by atoms with E-state index in [1.165, 1.54) is 0 Å². The topological polar surface area (TPSA) is 21.3 Å². The predicted octanol–water partition coefficient (Wildman–Crippen LogP) is 3.91. The molecule has 0 atom stereocenters. The van der Waals surface area contributed by atoms with Crippen molar-refractivity contribution in [2.75, 3.05) is 11.9 Å². The highest BCUT2D eigenvalue weighted by Gasteiger charge is 1.97. The lowest BCUT2D eigenvalue weighted by Gasteiger charge is -2.08. The second-order valence-corrected chi connectivity index (χ2v) is 3.72. The largest absolute Gasteiger partial charge is 0.457 e. The van der Waals surface area contributed by atoms with Gasteiger partial charge in [0.05, 0.1) is 6.54 Å². The van der Waals surface area contributed by atoms with E-state index in [4.69, 9.17) is 4.74 Å². The molecule has 2 rings (SSSR count). The van der Waals surface area contributed by atoms with Crippen LogP contribution in [0.25, 0.3) is 0 Å². The van der Waals surface area contributed by atoms with Gasteiger partial charge in [-0.15, -0.1) is 5.92 Å². The van der Waals surface area contributed by atoms with Crippen LogP contribution in [0.15, 0.2) is 54.6 Å². The fourth-order valence-corrected chi connectivity index (χ4v) is 1.53. The van der Waals surface area contributed by atoms with E-state index in [1.807, 2.05) is 61.5 Å². The van der Waals surface area contributed by atoms with E-state index in [2.05, 4.69) is 17.2 Å². The van der Waals surface area contributed by atoms with Crippen molar-refractivity contribution in [3.05, 3.63) is 54.6 Å². The van der Waals surface area contributed by atoms with Gasteiger partial charge in [-0.25, -0.2) is 0 Å². The molecule has 0 heterocycles. The minimum absolute atomic E-state index is 0.644. The molecule has 0 unspecified atom stereocenters. The van der Waals surface area contributed by atoms with Gasteiger partial charge in [-0.3, -0.25) is 0 Å². The molecule has 0 aliphatic heterocycles. The third-order valence-electron chi connectivity index (χ3n) is 2.37. The van der Waals surface area contributed by atoms with Gasteiger partial charge >= 0.3 is 0 Å². The summed E-state index contributed by atoms with van der Waals surface area (Å²) in [6.45, 7) is 2.47. The molecule has 0 fully saturated rings. The first kappa shape index (κ1) is 12.1. The maximum atomic E-state index is 5.75. The molecule has 0 spiro atoms. The Morgan fingerprint density at radius 3 is 2.56 bits per heavy atom. The minimum Gasteiger partial charge on any atom is -0.457 e. The van der Waals surface area contributed by atoms with Crippen LogP contribution in [-0.2, 0) is 0 Å². The Balaban J connectivity index is 2.04. The van der Waals surface area contributed by atoms with Crippen molar-refractivity contribution >= 4 is 5.69 Å². The van der Waals surface area contributed by atoms with E-state index in [-0.39, 0.29) is 0 Å². The Hall–Kier alpha value is -2.40. The summed E-state index contributed by atoms with van der Waals surface area (Å²) >= 11 is 0. The number of rotatable bonds is 4. The molecule has 2 heteroatoms. The molecule has 90 valence electrons. The molecule has 2 aromatic rings. The van der Waals surface area contributed by atoms with Crippen molar-refractivity contribution in [1.82, 2.24) is 0 Å². The lowest BCUT2D eigenvalue weighted by Crippen LogP contribution is -1.98. The van der Waals surface area contributed by atoms with Gasteiger partial charge in [-0.1, -0.05) is 30.2 Å². The van der Waals surface area contributed by atoms with Gasteiger partial charge in [0.2, 0.25) is 0 Å². The molecule has 2 nitrogen and oxygen atoms in total. The van der Waals surface area contributed by atoms with Gasteiger partial charge in [-0.05, 0) is 31.2 Å². The number of ether oxygens (including phenoxy) is 1. The predicted molar refractivity (Wildman–Crippen MR) is 74.9 cm³/mol. The fraction of sp³-hybridized carbons (Fsp3) is 0.125. The van der Waals surface area contributed by atoms with Crippen LogP contribution >= 0.6 is 0 Å². The lowest BCUT2D eigenvalue weighted by molar-refractivity contribution is 0.483. The highest BCUT2D eigenvalue weighted by Crippen LogP contribution is 2.23. The zero-order chi connectivity index (χ0) is 12.6. The molecule has 0 bridgehead atoms. The Bertz CT molecular complexity index is 552. The van der Waals surface area contributed by atoms with Crippen molar-refractivity contribution in [1.29, 1.82) is 0 Å². The van der Waals surface area contributed by atoms with E-state index in [9.17, 15) is 0 Å². The number of hydrogen-bond acceptors (Lipinski definition) is 2. The Morgan fingerprint density at radius 1 is 1.00 bits per heavy atom. The first-order valence-electron chi connectivity index (χ1n) is 5.85. The third kappa shape index (κ3) is 3.57. The number of anilines is 1. The summed E-state index contributed by atoms with van der Waals surface area (Å²) < 4.78 is 5.75. The van der Waals surface area contributed by atoms with Crippen molar-refractivity contribution in [3.63, 3.8) is 0 Å². The van der Waals surface area contributed by atoms with E-state index in [1.54, 1.807) is 0 Å². The number of hydrogen-bond donors (Lipinski definition) is 1. The van der Waals surface area contributed by atoms with Crippen LogP contribution in [-0.4, -0.2) is 6.54 Å². The molecule has 0 amide bonds. The summed E-state index contributed by atoms with van der Waals surface area (Å²) in [5, 5.41) is 3.22. The third-order valence-corrected chi connectivity index (χ3v) is 2.37. The quantitative estimate of drug-likeness (QED) is 0.814. The van der Waals surface area contributed by atoms with Crippen molar-refractivity contribution in [2.45, 2.75) is 6.92 Å². The highest BCUT2D eigenvalue weighted by molar-refractivity contribution is 5.49. The Kier molecular flexibility index (Phi) is 4.27. The molecule has 0 aliphatic carbocycles. The van der Waals surface area contributed by atoms with Crippen LogP contribution in [0, 0.1) is 11.8 Å². The van der Waals surface area contributed by atoms with Gasteiger partial charge in [-0.2, -0.15) is 0 Å². The van der Waals surface area contributed by atoms with Gasteiger partial charge in [0.25, 0.3) is 0 Å². The number of nitrogens with one attached hydrogen (secondary N) is 1. The average molecular weight is 237 g/mol. The maximum absolute atomic E-state index is 5.75. The summed E-state index contributed by atoms with van der Waals surface area (Å²) in [4.78, 5) is 0. The van der Waals surface area contributed by atoms with E-state index < -0.39 is 0 Å². The van der Waals surface area contributed by atoms with Gasteiger partial charge < -0.3 is 10.1 Å². The second kappa shape index (κ2) is 6.36. The van der Waals surface area contributed by atoms with Crippen molar-refractivity contribution < 1.29 is 4.74 Å². The molecule has 0 saturated carbocycles. The second-order valence-electron chi connectivity index (χ2n) is 3.72. The van der Waals surface area contributed by atoms with Crippen LogP contribution in [0.5, 0.6) is 11.5 Å². The summed E-state index contributed by atoms with van der Waals surface area (Å²) in [6.07, 6.45) is 0. The van der Waals surface area contributed by atoms with E-state index in [0.29, 0.717) is 6.54 Å². The summed E-state index contributed by atoms with van der Waals surface area (Å²) in [7, 11) is 0. The van der Waals surface area contributed by atoms with Crippen LogP contribution in [0.1, 0.15) is 6.92 Å². The van der Waals surface area contributed by atoms with E-state index in [0.717, 1.165) is 17.2 Å². The van der Waals surface area contributed by atoms with Crippen LogP contribution < -0.4 is 10.1 Å². The molecule has 1 N–H and O–H groups in total. The monoisotopic (exact) mass is 237 g/mol. The first-order valence-corrected chi connectivity index (χ1v) is 5.85. The van der Waals surface area contributed by atoms with Crippen molar-refractivity contribution in [3.8, 4) is 23.3 Å². The van der Waals surface area contributed by atoms with E-state index >= 15 is 0 Å². The average Bonchev–Trinajstić information content (AvgIpc) is 2.41. The van der Waals surface area contributed by atoms with Gasteiger partial charge in [0, 0.05) is 11.8 Å². The van der Waals surface area contributed by atoms with Crippen LogP contribution in [0.4, 0.5) is 5.69 Å². The smallest absolute Gasteiger partial charge is 0.129 e. The fourth-order valence-electron chi connectivity index (χ4n) is 1.53. The molecule has 0 saturated heterocycles. The van der Waals surface area contributed by atoms with Crippen LogP contribution in [0.3, 0.4) is 0 Å². The Labute approximate surface area is 108 Å². The molecule has 2 aromatic carbocycles. The van der Waals surface area contributed by atoms with Crippen molar-refractivity contribution in [2.24, 2.45) is 0 Å². The zero-order valence-corrected chi connectivity index (χ0v) is 10.3. The molecule has 0 aromatic heterocycles. The lowest BCUT2D eigenvalue weighted by atomic mass is 10.3. The normalized spacial score (nSPS) is 9.17. The van der Waals surface area contributed by atoms with Crippen LogP contribution in [0.2, 0.25) is 0 Å². The summed E-state index contributed by atoms with van der Waals surface area (Å²) in [5.74, 6) is 7.46. The molecule has 0 aliphatic rings. The Morgan fingerprint density at radius 2 is 1.78 bits per heavy atom. The molecule has 18 heavy (non-hydrogen) atoms. The number of para-hydroxylation sites is 1. The maximum Gasteiger partial charge on any atom is 0.129 e. The summed E-state index contributed by atoms with van der Waals surface area (Å²) in [6, 6.07) is 17.6. The number of benzene rings is 2. The highest BCUT2D eigenvalue weighted by atomic mass is 16.5. The summed E-state index contributed by atoms with van der Waals surface area (Å²) in [5.41, 5.74) is 1.01. The standard InChI is InChI=1S/C16H15NO/c1-2-3-12-17-14-8-7-11-16(13-14)18-15-9-5-4-6-10-15/h4-11,13,17H,12H2,1H3. The molecular formula is C16H15NO.